The molecule has 1 atom stereocenters. The molecular weight excluding hydrogens is 403 g/mol. The Morgan fingerprint density at radius 3 is 2.38 bits per heavy atom. The van der Waals surface area contributed by atoms with Crippen molar-refractivity contribution >= 4 is 11.8 Å². The van der Waals surface area contributed by atoms with Gasteiger partial charge in [-0.25, -0.2) is 4.39 Å². The van der Waals surface area contributed by atoms with Crippen molar-refractivity contribution < 1.29 is 14.0 Å². The molecule has 168 valence electrons. The maximum atomic E-state index is 13.8. The number of hydrogen-bond acceptors (Lipinski definition) is 2. The van der Waals surface area contributed by atoms with Crippen molar-refractivity contribution in [3.63, 3.8) is 0 Å². The van der Waals surface area contributed by atoms with Gasteiger partial charge in [-0.05, 0) is 55.0 Å². The lowest BCUT2D eigenvalue weighted by atomic mass is 9.69. The lowest BCUT2D eigenvalue weighted by molar-refractivity contribution is -0.127. The first-order valence-electron chi connectivity index (χ1n) is 12.0. The molecule has 0 saturated heterocycles. The molecule has 1 N–H and O–H groups in total. The van der Waals surface area contributed by atoms with Gasteiger partial charge in [0.2, 0.25) is 5.91 Å². The highest BCUT2D eigenvalue weighted by atomic mass is 19.1. The second-order valence-electron chi connectivity index (χ2n) is 9.64. The normalized spacial score (nSPS) is 22.7. The molecular formula is C27H31FN2O2. The van der Waals surface area contributed by atoms with Crippen LogP contribution in [0, 0.1) is 5.82 Å². The van der Waals surface area contributed by atoms with Crippen molar-refractivity contribution in [3.8, 4) is 0 Å². The molecule has 5 heteroatoms. The summed E-state index contributed by atoms with van der Waals surface area (Å²) >= 11 is 0. The van der Waals surface area contributed by atoms with Gasteiger partial charge in [-0.1, -0.05) is 62.4 Å². The maximum absolute atomic E-state index is 13.8. The summed E-state index contributed by atoms with van der Waals surface area (Å²) in [5.41, 5.74) is 1.96. The van der Waals surface area contributed by atoms with Gasteiger partial charge in [-0.2, -0.15) is 0 Å². The number of carbonyl (C=O) groups is 2. The average molecular weight is 435 g/mol. The van der Waals surface area contributed by atoms with Gasteiger partial charge in [0, 0.05) is 18.2 Å². The van der Waals surface area contributed by atoms with Crippen LogP contribution in [0.3, 0.4) is 0 Å². The Balaban J connectivity index is 1.52. The van der Waals surface area contributed by atoms with Gasteiger partial charge < -0.3 is 10.2 Å². The van der Waals surface area contributed by atoms with E-state index in [1.165, 1.54) is 18.6 Å². The molecule has 1 heterocycles. The molecule has 1 aliphatic heterocycles. The Labute approximate surface area is 189 Å². The zero-order valence-electron chi connectivity index (χ0n) is 18.5. The van der Waals surface area contributed by atoms with Gasteiger partial charge in [-0.15, -0.1) is 0 Å². The van der Waals surface area contributed by atoms with E-state index < -0.39 is 5.54 Å². The molecule has 5 rings (SSSR count). The van der Waals surface area contributed by atoms with Gasteiger partial charge in [0.15, 0.2) is 0 Å². The Bertz CT molecular complexity index is 991. The van der Waals surface area contributed by atoms with Crippen molar-refractivity contribution in [1.82, 2.24) is 10.2 Å². The molecule has 2 amide bonds. The molecule has 2 fully saturated rings. The molecule has 2 aromatic rings. The van der Waals surface area contributed by atoms with Crippen LogP contribution in [-0.2, 0) is 11.3 Å². The number of halogens is 1. The molecule has 0 aromatic heterocycles. The van der Waals surface area contributed by atoms with Crippen molar-refractivity contribution in [2.45, 2.75) is 81.8 Å². The highest BCUT2D eigenvalue weighted by molar-refractivity contribution is 6.02. The van der Waals surface area contributed by atoms with E-state index in [4.69, 9.17) is 0 Å². The van der Waals surface area contributed by atoms with Gasteiger partial charge in [-0.3, -0.25) is 9.59 Å². The molecule has 4 nitrogen and oxygen atoms in total. The predicted molar refractivity (Wildman–Crippen MR) is 122 cm³/mol. The summed E-state index contributed by atoms with van der Waals surface area (Å²) in [6.45, 7) is 0.352. The number of nitrogens with one attached hydrogen (secondary N) is 1. The Kier molecular flexibility index (Phi) is 5.75. The van der Waals surface area contributed by atoms with Gasteiger partial charge in [0.25, 0.3) is 5.91 Å². The fourth-order valence-electron chi connectivity index (χ4n) is 6.37. The summed E-state index contributed by atoms with van der Waals surface area (Å²) < 4.78 is 13.3. The number of nitrogens with zero attached hydrogens (tertiary/aromatic N) is 1. The highest BCUT2D eigenvalue weighted by Crippen LogP contribution is 2.52. The zero-order chi connectivity index (χ0) is 22.1. The fourth-order valence-corrected chi connectivity index (χ4v) is 6.37. The van der Waals surface area contributed by atoms with Crippen molar-refractivity contribution in [2.24, 2.45) is 0 Å². The summed E-state index contributed by atoms with van der Waals surface area (Å²) in [4.78, 5) is 29.7. The minimum Gasteiger partial charge on any atom is -0.351 e. The molecule has 32 heavy (non-hydrogen) atoms. The zero-order valence-corrected chi connectivity index (χ0v) is 18.5. The second-order valence-corrected chi connectivity index (χ2v) is 9.64. The summed E-state index contributed by atoms with van der Waals surface area (Å²) in [5, 5.41) is 3.12. The molecule has 2 aliphatic carbocycles. The number of rotatable bonds is 4. The quantitative estimate of drug-likeness (QED) is 0.707. The SMILES string of the molecule is O=C(NCc1ccc(F)cc1)[C@@H]1c2ccccc2C(=O)N(C2CCCCC2)C12CCCC2. The van der Waals surface area contributed by atoms with E-state index in [1.54, 1.807) is 12.1 Å². The first-order chi connectivity index (χ1) is 15.6. The first kappa shape index (κ1) is 21.2. The number of hydrogen-bond donors (Lipinski definition) is 1. The second kappa shape index (κ2) is 8.68. The number of amides is 2. The molecule has 2 aromatic carbocycles. The summed E-state index contributed by atoms with van der Waals surface area (Å²) in [7, 11) is 0. The minimum absolute atomic E-state index is 0.0306. The molecule has 0 bridgehead atoms. The van der Waals surface area contributed by atoms with Gasteiger partial charge in [0.05, 0.1) is 11.5 Å². The first-order valence-corrected chi connectivity index (χ1v) is 12.0. The van der Waals surface area contributed by atoms with Crippen LogP contribution in [-0.4, -0.2) is 28.3 Å². The van der Waals surface area contributed by atoms with Crippen molar-refractivity contribution in [2.75, 3.05) is 0 Å². The number of carbonyl (C=O) groups excluding carboxylic acids is 2. The van der Waals surface area contributed by atoms with E-state index in [-0.39, 0.29) is 29.6 Å². The van der Waals surface area contributed by atoms with E-state index in [9.17, 15) is 14.0 Å². The van der Waals surface area contributed by atoms with E-state index in [0.29, 0.717) is 12.1 Å². The van der Waals surface area contributed by atoms with Gasteiger partial charge >= 0.3 is 0 Å². The Hall–Kier alpha value is -2.69. The third kappa shape index (κ3) is 3.62. The van der Waals surface area contributed by atoms with Crippen LogP contribution in [0.15, 0.2) is 48.5 Å². The third-order valence-corrected chi connectivity index (χ3v) is 7.79. The van der Waals surface area contributed by atoms with Crippen LogP contribution in [0.1, 0.15) is 85.2 Å². The van der Waals surface area contributed by atoms with Crippen LogP contribution in [0.2, 0.25) is 0 Å². The lowest BCUT2D eigenvalue weighted by Crippen LogP contribution is -2.63. The van der Waals surface area contributed by atoms with Gasteiger partial charge in [0.1, 0.15) is 5.82 Å². The van der Waals surface area contributed by atoms with Crippen LogP contribution in [0.4, 0.5) is 4.39 Å². The van der Waals surface area contributed by atoms with E-state index in [1.807, 2.05) is 24.3 Å². The molecule has 2 saturated carbocycles. The maximum Gasteiger partial charge on any atom is 0.254 e. The van der Waals surface area contributed by atoms with Crippen LogP contribution in [0.5, 0.6) is 0 Å². The molecule has 3 aliphatic rings. The topological polar surface area (TPSA) is 49.4 Å². The van der Waals surface area contributed by atoms with E-state index in [2.05, 4.69) is 10.2 Å². The predicted octanol–water partition coefficient (Wildman–Crippen LogP) is 5.33. The molecule has 0 unspecified atom stereocenters. The summed E-state index contributed by atoms with van der Waals surface area (Å²) in [5.74, 6) is -0.580. The Morgan fingerprint density at radius 1 is 0.969 bits per heavy atom. The fraction of sp³-hybridized carbons (Fsp3) is 0.481. The van der Waals surface area contributed by atoms with E-state index >= 15 is 0 Å². The summed E-state index contributed by atoms with van der Waals surface area (Å²) in [6.07, 6.45) is 9.40. The largest absolute Gasteiger partial charge is 0.351 e. The van der Waals surface area contributed by atoms with Crippen molar-refractivity contribution in [1.29, 1.82) is 0 Å². The summed E-state index contributed by atoms with van der Waals surface area (Å²) in [6, 6.07) is 14.1. The highest BCUT2D eigenvalue weighted by Gasteiger charge is 2.57. The monoisotopic (exact) mass is 434 g/mol. The minimum atomic E-state index is -0.444. The standard InChI is InChI=1S/C27H31FN2O2/c28-20-14-12-19(13-15-20)18-29-25(31)24-22-10-4-5-11-23(22)26(32)30(21-8-2-1-3-9-21)27(24)16-6-7-17-27/h4-5,10-15,21,24H,1-3,6-9,16-18H2,(H,29,31)/t24-/m0/s1. The Morgan fingerprint density at radius 2 is 1.66 bits per heavy atom. The number of benzene rings is 2. The van der Waals surface area contributed by atoms with Crippen molar-refractivity contribution in [3.05, 3.63) is 71.0 Å². The van der Waals surface area contributed by atoms with E-state index in [0.717, 1.165) is 62.5 Å². The molecule has 0 radical (unpaired) electrons. The van der Waals surface area contributed by atoms with Crippen LogP contribution in [0.25, 0.3) is 0 Å². The third-order valence-electron chi connectivity index (χ3n) is 7.79. The number of fused-ring (bicyclic) bond motifs is 1. The smallest absolute Gasteiger partial charge is 0.254 e. The molecule has 1 spiro atoms. The average Bonchev–Trinajstić information content (AvgIpc) is 3.29. The van der Waals surface area contributed by atoms with Crippen LogP contribution < -0.4 is 5.32 Å². The van der Waals surface area contributed by atoms with Crippen LogP contribution >= 0.6 is 0 Å². The lowest BCUT2D eigenvalue weighted by Gasteiger charge is -2.54.